The van der Waals surface area contributed by atoms with Crippen LogP contribution in [0.4, 0.5) is 4.79 Å². The summed E-state index contributed by atoms with van der Waals surface area (Å²) in [5.41, 5.74) is 0. The summed E-state index contributed by atoms with van der Waals surface area (Å²) in [5.74, 6) is 0. The monoisotopic (exact) mass is 228 g/mol. The van der Waals surface area contributed by atoms with E-state index in [-0.39, 0.29) is 12.1 Å². The highest BCUT2D eigenvalue weighted by Crippen LogP contribution is 2.12. The van der Waals surface area contributed by atoms with Gasteiger partial charge in [-0.15, -0.1) is 0 Å². The lowest BCUT2D eigenvalue weighted by Gasteiger charge is -2.35. The van der Waals surface area contributed by atoms with Gasteiger partial charge in [0.05, 0.1) is 6.61 Å². The number of carbonyl (C=O) groups excluding carboxylic acids is 1. The molecule has 0 atom stereocenters. The van der Waals surface area contributed by atoms with Crippen molar-refractivity contribution < 1.29 is 9.53 Å². The predicted molar refractivity (Wildman–Crippen MR) is 64.5 cm³/mol. The number of carbonyl (C=O) groups is 1. The van der Waals surface area contributed by atoms with E-state index < -0.39 is 0 Å². The molecule has 1 saturated heterocycles. The highest BCUT2D eigenvalue weighted by atomic mass is 16.5. The summed E-state index contributed by atoms with van der Waals surface area (Å²) >= 11 is 0. The zero-order chi connectivity index (χ0) is 12.0. The number of rotatable bonds is 4. The summed E-state index contributed by atoms with van der Waals surface area (Å²) in [6.07, 6.45) is 3.54. The lowest BCUT2D eigenvalue weighted by Crippen LogP contribution is -2.49. The molecular formula is C12H24N2O2. The first-order valence-electron chi connectivity index (χ1n) is 6.21. The molecule has 4 nitrogen and oxygen atoms in total. The number of likely N-dealkylation sites (tertiary alicyclic amines) is 1. The second-order valence-corrected chi connectivity index (χ2v) is 4.61. The third kappa shape index (κ3) is 3.67. The van der Waals surface area contributed by atoms with Crippen LogP contribution in [0.5, 0.6) is 0 Å². The second-order valence-electron chi connectivity index (χ2n) is 4.61. The van der Waals surface area contributed by atoms with Crippen LogP contribution in [0.25, 0.3) is 0 Å². The van der Waals surface area contributed by atoms with Gasteiger partial charge in [0, 0.05) is 32.8 Å². The minimum absolute atomic E-state index is 0.173. The summed E-state index contributed by atoms with van der Waals surface area (Å²) in [7, 11) is 1.67. The molecule has 0 unspecified atom stereocenters. The van der Waals surface area contributed by atoms with Crippen LogP contribution < -0.4 is 0 Å². The largest absolute Gasteiger partial charge is 0.383 e. The molecule has 0 saturated carbocycles. The average Bonchev–Trinajstić information content (AvgIpc) is 2.30. The molecule has 94 valence electrons. The standard InChI is InChI=1S/C12H24N2O2/c1-11(2)14(9-10-16-3)12(15)13-7-5-4-6-8-13/h11H,4-10H2,1-3H3. The Morgan fingerprint density at radius 1 is 1.31 bits per heavy atom. The molecule has 0 aromatic heterocycles. The Morgan fingerprint density at radius 3 is 2.44 bits per heavy atom. The van der Waals surface area contributed by atoms with Crippen molar-refractivity contribution in [2.24, 2.45) is 0 Å². The predicted octanol–water partition coefficient (Wildman–Crippen LogP) is 1.95. The van der Waals surface area contributed by atoms with Gasteiger partial charge in [0.15, 0.2) is 0 Å². The van der Waals surface area contributed by atoms with Crippen LogP contribution in [0.15, 0.2) is 0 Å². The summed E-state index contributed by atoms with van der Waals surface area (Å²) in [6, 6.07) is 0.413. The van der Waals surface area contributed by atoms with Crippen molar-refractivity contribution in [2.45, 2.75) is 39.2 Å². The van der Waals surface area contributed by atoms with Crippen LogP contribution in [0.1, 0.15) is 33.1 Å². The molecule has 1 aliphatic rings. The van der Waals surface area contributed by atoms with Crippen LogP contribution in [0, 0.1) is 0 Å². The molecule has 4 heteroatoms. The molecule has 0 bridgehead atoms. The Bertz CT molecular complexity index is 213. The molecular weight excluding hydrogens is 204 g/mol. The van der Waals surface area contributed by atoms with Crippen molar-refractivity contribution in [1.82, 2.24) is 9.80 Å². The normalized spacial score (nSPS) is 16.6. The minimum Gasteiger partial charge on any atom is -0.383 e. The fourth-order valence-corrected chi connectivity index (χ4v) is 2.03. The Hall–Kier alpha value is -0.770. The van der Waals surface area contributed by atoms with Crippen molar-refractivity contribution in [3.63, 3.8) is 0 Å². The van der Waals surface area contributed by atoms with Crippen molar-refractivity contribution in [3.05, 3.63) is 0 Å². The Morgan fingerprint density at radius 2 is 1.94 bits per heavy atom. The molecule has 0 spiro atoms. The SMILES string of the molecule is COCCN(C(=O)N1CCCCC1)C(C)C. The number of hydrogen-bond acceptors (Lipinski definition) is 2. The van der Waals surface area contributed by atoms with Crippen molar-refractivity contribution >= 4 is 6.03 Å². The topological polar surface area (TPSA) is 32.8 Å². The number of ether oxygens (including phenoxy) is 1. The van der Waals surface area contributed by atoms with Crippen LogP contribution in [-0.2, 0) is 4.74 Å². The Kier molecular flexibility index (Phi) is 5.60. The summed E-state index contributed by atoms with van der Waals surface area (Å²) in [6.45, 7) is 7.22. The fourth-order valence-electron chi connectivity index (χ4n) is 2.03. The average molecular weight is 228 g/mol. The Labute approximate surface area is 98.5 Å². The van der Waals surface area contributed by atoms with E-state index in [0.717, 1.165) is 25.9 Å². The first-order chi connectivity index (χ1) is 7.66. The summed E-state index contributed by atoms with van der Waals surface area (Å²) in [4.78, 5) is 16.1. The fraction of sp³-hybridized carbons (Fsp3) is 0.917. The molecule has 0 aromatic carbocycles. The van der Waals surface area contributed by atoms with Gasteiger partial charge < -0.3 is 14.5 Å². The van der Waals surface area contributed by atoms with Gasteiger partial charge in [-0.2, -0.15) is 0 Å². The number of amides is 2. The molecule has 1 rings (SSSR count). The molecule has 2 amide bonds. The van der Waals surface area contributed by atoms with E-state index >= 15 is 0 Å². The van der Waals surface area contributed by atoms with E-state index in [0.29, 0.717) is 13.2 Å². The second kappa shape index (κ2) is 6.74. The van der Waals surface area contributed by atoms with Gasteiger partial charge in [0.1, 0.15) is 0 Å². The minimum atomic E-state index is 0.173. The van der Waals surface area contributed by atoms with Gasteiger partial charge >= 0.3 is 6.03 Å². The van der Waals surface area contributed by atoms with Gasteiger partial charge in [-0.05, 0) is 33.1 Å². The molecule has 0 radical (unpaired) electrons. The molecule has 16 heavy (non-hydrogen) atoms. The third-order valence-corrected chi connectivity index (χ3v) is 3.03. The molecule has 1 aliphatic heterocycles. The van der Waals surface area contributed by atoms with Crippen LogP contribution in [-0.4, -0.2) is 55.2 Å². The van der Waals surface area contributed by atoms with E-state index in [9.17, 15) is 4.79 Å². The van der Waals surface area contributed by atoms with Crippen LogP contribution in [0.3, 0.4) is 0 Å². The van der Waals surface area contributed by atoms with Gasteiger partial charge in [-0.1, -0.05) is 0 Å². The Balaban J connectivity index is 2.51. The number of urea groups is 1. The summed E-state index contributed by atoms with van der Waals surface area (Å²) < 4.78 is 5.05. The number of piperidine rings is 1. The zero-order valence-corrected chi connectivity index (χ0v) is 10.7. The van der Waals surface area contributed by atoms with Gasteiger partial charge in [-0.25, -0.2) is 4.79 Å². The van der Waals surface area contributed by atoms with E-state index in [1.165, 1.54) is 6.42 Å². The lowest BCUT2D eigenvalue weighted by atomic mass is 10.1. The van der Waals surface area contributed by atoms with Crippen molar-refractivity contribution in [2.75, 3.05) is 33.4 Å². The van der Waals surface area contributed by atoms with Crippen LogP contribution in [0.2, 0.25) is 0 Å². The van der Waals surface area contributed by atoms with Crippen molar-refractivity contribution in [3.8, 4) is 0 Å². The quantitative estimate of drug-likeness (QED) is 0.736. The van der Waals surface area contributed by atoms with E-state index in [2.05, 4.69) is 13.8 Å². The van der Waals surface area contributed by atoms with Gasteiger partial charge in [0.2, 0.25) is 0 Å². The number of methoxy groups -OCH3 is 1. The molecule has 1 fully saturated rings. The zero-order valence-electron chi connectivity index (χ0n) is 10.7. The highest BCUT2D eigenvalue weighted by Gasteiger charge is 2.23. The molecule has 0 N–H and O–H groups in total. The molecule has 0 aliphatic carbocycles. The maximum Gasteiger partial charge on any atom is 0.320 e. The van der Waals surface area contributed by atoms with E-state index in [4.69, 9.17) is 4.74 Å². The number of hydrogen-bond donors (Lipinski definition) is 0. The lowest BCUT2D eigenvalue weighted by molar-refractivity contribution is 0.107. The first-order valence-corrected chi connectivity index (χ1v) is 6.21. The first kappa shape index (κ1) is 13.3. The number of nitrogens with zero attached hydrogens (tertiary/aromatic N) is 2. The molecule has 1 heterocycles. The smallest absolute Gasteiger partial charge is 0.320 e. The van der Waals surface area contributed by atoms with E-state index in [1.807, 2.05) is 9.80 Å². The van der Waals surface area contributed by atoms with E-state index in [1.54, 1.807) is 7.11 Å². The maximum absolute atomic E-state index is 12.2. The summed E-state index contributed by atoms with van der Waals surface area (Å²) in [5, 5.41) is 0. The van der Waals surface area contributed by atoms with Gasteiger partial charge in [0.25, 0.3) is 0 Å². The third-order valence-electron chi connectivity index (χ3n) is 3.03. The molecule has 0 aromatic rings. The van der Waals surface area contributed by atoms with Crippen LogP contribution >= 0.6 is 0 Å². The maximum atomic E-state index is 12.2. The van der Waals surface area contributed by atoms with Gasteiger partial charge in [-0.3, -0.25) is 0 Å². The highest BCUT2D eigenvalue weighted by molar-refractivity contribution is 5.74. The van der Waals surface area contributed by atoms with Crippen molar-refractivity contribution in [1.29, 1.82) is 0 Å².